The number of nitrogens with zero attached hydrogens (tertiary/aromatic N) is 1. The Bertz CT molecular complexity index is 569. The minimum atomic E-state index is 0.910. The number of nitrogens with one attached hydrogen (secondary N) is 1. The Labute approximate surface area is 141 Å². The molecule has 0 aliphatic heterocycles. The summed E-state index contributed by atoms with van der Waals surface area (Å²) in [5.74, 6) is 0. The molecule has 0 bridgehead atoms. The predicted octanol–water partition coefficient (Wildman–Crippen LogP) is 5.02. The maximum Gasteiger partial charge on any atom is 0.0701 e. The maximum atomic E-state index is 3.68. The summed E-state index contributed by atoms with van der Waals surface area (Å²) in [6.45, 7) is 4.94. The topological polar surface area (TPSA) is 15.3 Å². The smallest absolute Gasteiger partial charge is 0.0701 e. The Morgan fingerprint density at radius 3 is 2.60 bits per heavy atom. The zero-order valence-electron chi connectivity index (χ0n) is 11.6. The lowest BCUT2D eigenvalue weighted by molar-refractivity contribution is 0.726. The van der Waals surface area contributed by atoms with Crippen molar-refractivity contribution in [1.82, 2.24) is 5.32 Å². The van der Waals surface area contributed by atoms with Gasteiger partial charge in [0.2, 0.25) is 0 Å². The first-order valence-electron chi connectivity index (χ1n) is 6.53. The lowest BCUT2D eigenvalue weighted by atomic mass is 10.2. The van der Waals surface area contributed by atoms with Crippen LogP contribution < -0.4 is 10.2 Å². The van der Waals surface area contributed by atoms with Gasteiger partial charge in [0, 0.05) is 24.6 Å². The number of rotatable bonds is 6. The summed E-state index contributed by atoms with van der Waals surface area (Å²) in [5, 5.41) is 5.53. The summed E-state index contributed by atoms with van der Waals surface area (Å²) in [6, 6.07) is 8.73. The third-order valence-corrected chi connectivity index (χ3v) is 5.23. The average Bonchev–Trinajstić information content (AvgIpc) is 2.81. The SMILES string of the molecule is CCNCc1ccc(N(C)Cc2csc(Br)c2)c(Br)c1. The normalized spacial score (nSPS) is 10.8. The Hall–Kier alpha value is -0.360. The molecule has 0 spiro atoms. The average molecular weight is 418 g/mol. The van der Waals surface area contributed by atoms with E-state index < -0.39 is 0 Å². The summed E-state index contributed by atoms with van der Waals surface area (Å²) in [5.41, 5.74) is 3.84. The van der Waals surface area contributed by atoms with Crippen LogP contribution in [0.4, 0.5) is 5.69 Å². The largest absolute Gasteiger partial charge is 0.369 e. The van der Waals surface area contributed by atoms with Gasteiger partial charge < -0.3 is 10.2 Å². The summed E-state index contributed by atoms with van der Waals surface area (Å²) in [6.07, 6.45) is 0. The van der Waals surface area contributed by atoms with Gasteiger partial charge in [-0.2, -0.15) is 0 Å². The molecule has 1 aromatic carbocycles. The summed E-state index contributed by atoms with van der Waals surface area (Å²) in [7, 11) is 2.12. The van der Waals surface area contributed by atoms with Gasteiger partial charge in [0.1, 0.15) is 0 Å². The molecule has 0 aliphatic carbocycles. The van der Waals surface area contributed by atoms with E-state index >= 15 is 0 Å². The molecular weight excluding hydrogens is 400 g/mol. The van der Waals surface area contributed by atoms with E-state index in [9.17, 15) is 0 Å². The first-order chi connectivity index (χ1) is 9.60. The number of hydrogen-bond acceptors (Lipinski definition) is 3. The van der Waals surface area contributed by atoms with Gasteiger partial charge in [0.05, 0.1) is 9.47 Å². The van der Waals surface area contributed by atoms with Crippen LogP contribution in [0.1, 0.15) is 18.1 Å². The third-order valence-electron chi connectivity index (χ3n) is 3.04. The van der Waals surface area contributed by atoms with E-state index in [-0.39, 0.29) is 0 Å². The van der Waals surface area contributed by atoms with Crippen molar-refractivity contribution in [2.45, 2.75) is 20.0 Å². The van der Waals surface area contributed by atoms with Crippen molar-refractivity contribution in [3.8, 4) is 0 Å². The molecule has 0 saturated heterocycles. The van der Waals surface area contributed by atoms with Crippen molar-refractivity contribution >= 4 is 48.9 Å². The van der Waals surface area contributed by atoms with Crippen LogP contribution in [-0.2, 0) is 13.1 Å². The molecule has 108 valence electrons. The molecule has 0 atom stereocenters. The zero-order valence-corrected chi connectivity index (χ0v) is 15.6. The monoisotopic (exact) mass is 416 g/mol. The van der Waals surface area contributed by atoms with Crippen LogP contribution in [0.25, 0.3) is 0 Å². The van der Waals surface area contributed by atoms with Gasteiger partial charge in [-0.25, -0.2) is 0 Å². The molecule has 2 aromatic rings. The molecule has 0 unspecified atom stereocenters. The first-order valence-corrected chi connectivity index (χ1v) is 9.00. The van der Waals surface area contributed by atoms with E-state index in [1.165, 1.54) is 20.6 Å². The highest BCUT2D eigenvalue weighted by molar-refractivity contribution is 9.11. The van der Waals surface area contributed by atoms with Crippen LogP contribution in [0.5, 0.6) is 0 Å². The molecule has 2 rings (SSSR count). The second kappa shape index (κ2) is 7.59. The number of thiophene rings is 1. The summed E-state index contributed by atoms with van der Waals surface area (Å²) < 4.78 is 2.32. The van der Waals surface area contributed by atoms with Gasteiger partial charge in [-0.1, -0.05) is 13.0 Å². The van der Waals surface area contributed by atoms with Gasteiger partial charge in [0.25, 0.3) is 0 Å². The minimum absolute atomic E-state index is 0.910. The summed E-state index contributed by atoms with van der Waals surface area (Å²) in [4.78, 5) is 2.26. The summed E-state index contributed by atoms with van der Waals surface area (Å²) >= 11 is 8.92. The standard InChI is InChI=1S/C15H18Br2N2S/c1-3-18-8-11-4-5-14(13(16)6-11)19(2)9-12-7-15(17)20-10-12/h4-7,10,18H,3,8-9H2,1-2H3. The minimum Gasteiger partial charge on any atom is -0.369 e. The highest BCUT2D eigenvalue weighted by Gasteiger charge is 2.08. The van der Waals surface area contributed by atoms with Gasteiger partial charge in [-0.05, 0) is 73.1 Å². The van der Waals surface area contributed by atoms with Gasteiger partial charge >= 0.3 is 0 Å². The molecule has 0 amide bonds. The molecule has 2 nitrogen and oxygen atoms in total. The highest BCUT2D eigenvalue weighted by atomic mass is 79.9. The van der Waals surface area contributed by atoms with Crippen molar-refractivity contribution in [2.24, 2.45) is 0 Å². The molecule has 0 radical (unpaired) electrons. The molecular formula is C15H18Br2N2S. The second-order valence-electron chi connectivity index (χ2n) is 4.68. The number of hydrogen-bond donors (Lipinski definition) is 1. The van der Waals surface area contributed by atoms with E-state index in [0.29, 0.717) is 0 Å². The highest BCUT2D eigenvalue weighted by Crippen LogP contribution is 2.29. The van der Waals surface area contributed by atoms with E-state index in [1.807, 2.05) is 0 Å². The van der Waals surface area contributed by atoms with Gasteiger partial charge in [-0.3, -0.25) is 0 Å². The fourth-order valence-corrected chi connectivity index (χ4v) is 3.96. The van der Waals surface area contributed by atoms with E-state index in [4.69, 9.17) is 0 Å². The fourth-order valence-electron chi connectivity index (χ4n) is 2.03. The van der Waals surface area contributed by atoms with E-state index in [0.717, 1.165) is 24.1 Å². The van der Waals surface area contributed by atoms with Gasteiger partial charge in [-0.15, -0.1) is 11.3 Å². The van der Waals surface area contributed by atoms with Crippen LogP contribution in [0.15, 0.2) is 37.9 Å². The molecule has 1 N–H and O–H groups in total. The zero-order chi connectivity index (χ0) is 14.5. The Morgan fingerprint density at radius 2 is 2.00 bits per heavy atom. The van der Waals surface area contributed by atoms with Crippen molar-refractivity contribution in [1.29, 1.82) is 0 Å². The number of benzene rings is 1. The number of halogens is 2. The maximum absolute atomic E-state index is 3.68. The van der Waals surface area contributed by atoms with Crippen LogP contribution in [0, 0.1) is 0 Å². The molecule has 0 saturated carbocycles. The lowest BCUT2D eigenvalue weighted by Crippen LogP contribution is -2.17. The van der Waals surface area contributed by atoms with Crippen LogP contribution in [-0.4, -0.2) is 13.6 Å². The second-order valence-corrected chi connectivity index (χ2v) is 7.83. The Balaban J connectivity index is 2.07. The van der Waals surface area contributed by atoms with Crippen molar-refractivity contribution in [2.75, 3.05) is 18.5 Å². The van der Waals surface area contributed by atoms with Crippen molar-refractivity contribution in [3.05, 3.63) is 49.0 Å². The van der Waals surface area contributed by atoms with Crippen LogP contribution >= 0.6 is 43.2 Å². The van der Waals surface area contributed by atoms with Gasteiger partial charge in [0.15, 0.2) is 0 Å². The molecule has 0 aliphatic rings. The Morgan fingerprint density at radius 1 is 1.20 bits per heavy atom. The molecule has 5 heteroatoms. The van der Waals surface area contributed by atoms with Crippen molar-refractivity contribution < 1.29 is 0 Å². The lowest BCUT2D eigenvalue weighted by Gasteiger charge is -2.21. The van der Waals surface area contributed by atoms with E-state index in [1.54, 1.807) is 11.3 Å². The van der Waals surface area contributed by atoms with Crippen molar-refractivity contribution in [3.63, 3.8) is 0 Å². The molecule has 0 fully saturated rings. The van der Waals surface area contributed by atoms with Crippen LogP contribution in [0.2, 0.25) is 0 Å². The first kappa shape index (κ1) is 16.0. The molecule has 20 heavy (non-hydrogen) atoms. The molecule has 1 heterocycles. The van der Waals surface area contributed by atoms with E-state index in [2.05, 4.69) is 85.7 Å². The number of anilines is 1. The molecule has 1 aromatic heterocycles. The third kappa shape index (κ3) is 4.32. The Kier molecular flexibility index (Phi) is 6.08. The predicted molar refractivity (Wildman–Crippen MR) is 95.6 cm³/mol. The van der Waals surface area contributed by atoms with Crippen LogP contribution in [0.3, 0.4) is 0 Å². The fraction of sp³-hybridized carbons (Fsp3) is 0.333. The quantitative estimate of drug-likeness (QED) is 0.709.